The first kappa shape index (κ1) is 56.7. The van der Waals surface area contributed by atoms with E-state index in [1.165, 1.54) is 47.4 Å². The van der Waals surface area contributed by atoms with Crippen LogP contribution in [0.25, 0.3) is 43.7 Å². The number of aryl methyl sites for hydroxylation is 2. The largest absolute Gasteiger partial charge is 0.484 e. The van der Waals surface area contributed by atoms with Crippen molar-refractivity contribution in [2.75, 3.05) is 43.4 Å². The molecule has 0 radical (unpaired) electrons. The smallest absolute Gasteiger partial charge is 0.355 e. The second-order valence-corrected chi connectivity index (χ2v) is 22.3. The van der Waals surface area contributed by atoms with Crippen LogP contribution in [0.2, 0.25) is 0 Å². The predicted molar refractivity (Wildman–Crippen MR) is 287 cm³/mol. The number of aromatic nitrogens is 6. The van der Waals surface area contributed by atoms with Gasteiger partial charge in [0, 0.05) is 55.6 Å². The minimum Gasteiger partial charge on any atom is -0.484 e. The molecule has 0 aliphatic carbocycles. The van der Waals surface area contributed by atoms with Crippen molar-refractivity contribution in [2.24, 2.45) is 12.5 Å². The molecule has 1 aliphatic rings. The highest BCUT2D eigenvalue weighted by Gasteiger charge is 2.44. The Morgan fingerprint density at radius 2 is 1.68 bits per heavy atom. The second kappa shape index (κ2) is 24.1. The number of amides is 3. The van der Waals surface area contributed by atoms with E-state index in [4.69, 9.17) is 25.0 Å². The van der Waals surface area contributed by atoms with Crippen LogP contribution in [0.5, 0.6) is 5.75 Å². The molecule has 1 fully saturated rings. The lowest BCUT2D eigenvalue weighted by Gasteiger charge is -2.35. The molecule has 0 unspecified atom stereocenters. The number of benzene rings is 3. The molecule has 0 bridgehead atoms. The molecule has 8 rings (SSSR count). The van der Waals surface area contributed by atoms with Crippen LogP contribution in [0.15, 0.2) is 90.8 Å². The van der Waals surface area contributed by atoms with Gasteiger partial charge in [-0.3, -0.25) is 28.5 Å². The van der Waals surface area contributed by atoms with E-state index in [9.17, 15) is 41.1 Å². The Labute approximate surface area is 452 Å². The summed E-state index contributed by atoms with van der Waals surface area (Å²) in [5, 5.41) is 26.0. The number of nitrogens with two attached hydrogens (primary N) is 1. The molecule has 3 amide bonds. The molecular formula is C53H60F3N11O9S2. The van der Waals surface area contributed by atoms with Gasteiger partial charge in [0.15, 0.2) is 0 Å². The minimum atomic E-state index is -5.09. The average molecular weight is 1120 g/mol. The summed E-state index contributed by atoms with van der Waals surface area (Å²) in [5.74, 6) is -5.62. The van der Waals surface area contributed by atoms with Crippen LogP contribution in [-0.2, 0) is 54.0 Å². The van der Waals surface area contributed by atoms with Gasteiger partial charge in [0.25, 0.3) is 10.0 Å². The maximum Gasteiger partial charge on any atom is 0.355 e. The first-order chi connectivity index (χ1) is 37.1. The number of likely N-dealkylation sites (tertiary alicyclic amines) is 1. The van der Waals surface area contributed by atoms with Gasteiger partial charge in [0.1, 0.15) is 47.9 Å². The summed E-state index contributed by atoms with van der Waals surface area (Å²) in [7, 11) is -3.39. The number of rotatable bonds is 22. The Hall–Kier alpha value is -7.45. The van der Waals surface area contributed by atoms with Gasteiger partial charge in [-0.1, -0.05) is 63.2 Å². The molecule has 414 valence electrons. The van der Waals surface area contributed by atoms with Crippen molar-refractivity contribution in [2.45, 2.75) is 84.2 Å². The van der Waals surface area contributed by atoms with Gasteiger partial charge in [0.2, 0.25) is 17.7 Å². The van der Waals surface area contributed by atoms with Crippen molar-refractivity contribution in [3.63, 3.8) is 0 Å². The molecule has 0 saturated carbocycles. The summed E-state index contributed by atoms with van der Waals surface area (Å²) in [6.45, 7) is 9.54. The van der Waals surface area contributed by atoms with E-state index in [0.29, 0.717) is 45.4 Å². The zero-order valence-electron chi connectivity index (χ0n) is 43.6. The fourth-order valence-electron chi connectivity index (χ4n) is 8.94. The maximum atomic E-state index is 14.1. The SMILES string of the molecule is Cc1ncsc1-c1ccc(CNC(=O)[C@@H]2C[C@H](O)CN2C(=O)[C@@H](NC(=O)COCCOCCn2cc(-c3cnc(N)c4c(-c5ccc(NS(=O)(=O)C(F)F)c(O[C@@H](C)c6ccc(F)cc6)c5)nn(C)c34)cn2)C(C)(C)C)cc1. The number of ether oxygens (including phenoxy) is 3. The topological polar surface area (TPSA) is 260 Å². The van der Waals surface area contributed by atoms with Crippen LogP contribution < -0.4 is 25.8 Å². The average Bonchev–Trinajstić information content (AvgIpc) is 4.37. The number of β-amino-alcohol motifs (C(OH)–C–C–N with tert-alkyl or cyclic N) is 1. The van der Waals surface area contributed by atoms with E-state index >= 15 is 0 Å². The van der Waals surface area contributed by atoms with Gasteiger partial charge < -0.3 is 40.6 Å². The van der Waals surface area contributed by atoms with E-state index in [2.05, 4.69) is 25.7 Å². The normalized spacial score (nSPS) is 15.7. The van der Waals surface area contributed by atoms with Crippen LogP contribution in [0.4, 0.5) is 24.7 Å². The zero-order valence-corrected chi connectivity index (χ0v) is 45.2. The van der Waals surface area contributed by atoms with Crippen molar-refractivity contribution in [1.82, 2.24) is 45.1 Å². The lowest BCUT2D eigenvalue weighted by Crippen LogP contribution is -2.58. The number of thiazole rings is 1. The highest BCUT2D eigenvalue weighted by atomic mass is 32.2. The number of carbonyl (C=O) groups is 3. The number of nitrogen functional groups attached to an aromatic ring is 1. The molecule has 78 heavy (non-hydrogen) atoms. The third-order valence-corrected chi connectivity index (χ3v) is 15.0. The number of aliphatic hydroxyl groups excluding tert-OH is 1. The predicted octanol–water partition coefficient (Wildman–Crippen LogP) is 6.60. The number of hydrogen-bond donors (Lipinski definition) is 5. The third kappa shape index (κ3) is 13.3. The molecule has 7 aromatic rings. The standard InChI is InChI=1S/C53H60F3N11O9S2/c1-30-47(77-29-60-30)34-9-7-32(8-10-34)23-59-50(70)41-22-38(68)27-67(41)51(71)48(53(3,4)5)62-43(69)28-75-20-19-74-18-17-66-26-36(24-61-66)39-25-58-49(57)44-45(63-65(6)46(39)44)35-13-16-40(64-78(72,73)52(55)56)42(21-35)76-31(2)33-11-14-37(54)15-12-33/h7-16,21,24-26,29,31,38,41,48,52,64,68H,17-20,22-23,27-28H2,1-6H3,(H2,57,58)(H,59,70)(H,62,69)/t31-,38-,41-,48+/m0/s1. The van der Waals surface area contributed by atoms with Gasteiger partial charge >= 0.3 is 5.76 Å². The van der Waals surface area contributed by atoms with Gasteiger partial charge in [-0.25, -0.2) is 22.8 Å². The minimum absolute atomic E-state index is 0.0565. The van der Waals surface area contributed by atoms with Crippen molar-refractivity contribution < 1.29 is 55.3 Å². The quantitative estimate of drug-likeness (QED) is 0.0449. The van der Waals surface area contributed by atoms with Crippen molar-refractivity contribution >= 4 is 61.5 Å². The van der Waals surface area contributed by atoms with Crippen LogP contribution in [0.3, 0.4) is 0 Å². The zero-order chi connectivity index (χ0) is 56.1. The van der Waals surface area contributed by atoms with E-state index < -0.39 is 69.0 Å². The number of sulfonamides is 1. The molecule has 5 heterocycles. The van der Waals surface area contributed by atoms with Crippen LogP contribution in [0, 0.1) is 18.2 Å². The van der Waals surface area contributed by atoms with Crippen LogP contribution in [0.1, 0.15) is 57.0 Å². The highest BCUT2D eigenvalue weighted by Crippen LogP contribution is 2.41. The molecular weight excluding hydrogens is 1060 g/mol. The van der Waals surface area contributed by atoms with Gasteiger partial charge in [-0.15, -0.1) is 11.3 Å². The Morgan fingerprint density at radius 3 is 2.37 bits per heavy atom. The summed E-state index contributed by atoms with van der Waals surface area (Å²) in [6.07, 6.45) is 3.37. The number of aliphatic hydroxyl groups is 1. The Balaban J connectivity index is 0.836. The molecule has 1 aliphatic heterocycles. The Bertz CT molecular complexity index is 3390. The first-order valence-corrected chi connectivity index (χ1v) is 27.2. The number of fused-ring (bicyclic) bond motifs is 1. The summed E-state index contributed by atoms with van der Waals surface area (Å²) in [5.41, 5.74) is 13.2. The fourth-order valence-corrected chi connectivity index (χ4v) is 10.3. The van der Waals surface area contributed by atoms with E-state index in [0.717, 1.165) is 21.7 Å². The summed E-state index contributed by atoms with van der Waals surface area (Å²) in [4.78, 5) is 51.9. The summed E-state index contributed by atoms with van der Waals surface area (Å²) >= 11 is 1.55. The summed E-state index contributed by atoms with van der Waals surface area (Å²) in [6, 6.07) is 15.4. The van der Waals surface area contributed by atoms with Gasteiger partial charge in [-0.05, 0) is 60.2 Å². The fraction of sp³-hybridized carbons (Fsp3) is 0.377. The maximum absolute atomic E-state index is 14.1. The molecule has 6 N–H and O–H groups in total. The second-order valence-electron chi connectivity index (χ2n) is 19.8. The number of nitrogens with one attached hydrogen (secondary N) is 3. The molecule has 1 saturated heterocycles. The van der Waals surface area contributed by atoms with Gasteiger partial charge in [-0.2, -0.15) is 19.0 Å². The van der Waals surface area contributed by atoms with Crippen molar-refractivity contribution in [3.8, 4) is 38.6 Å². The molecule has 25 heteroatoms. The molecule has 20 nitrogen and oxygen atoms in total. The molecule has 0 spiro atoms. The number of pyridine rings is 1. The Morgan fingerprint density at radius 1 is 0.962 bits per heavy atom. The van der Waals surface area contributed by atoms with Crippen molar-refractivity contribution in [1.29, 1.82) is 0 Å². The first-order valence-electron chi connectivity index (χ1n) is 24.8. The van der Waals surface area contributed by atoms with Crippen LogP contribution >= 0.6 is 11.3 Å². The number of halogens is 3. The number of nitrogens with zero attached hydrogens (tertiary/aromatic N) is 7. The van der Waals surface area contributed by atoms with E-state index in [1.807, 2.05) is 35.9 Å². The van der Waals surface area contributed by atoms with E-state index in [-0.39, 0.29) is 63.2 Å². The lowest BCUT2D eigenvalue weighted by atomic mass is 9.85. The monoisotopic (exact) mass is 1120 g/mol. The lowest BCUT2D eigenvalue weighted by molar-refractivity contribution is -0.144. The van der Waals surface area contributed by atoms with Gasteiger partial charge in [0.05, 0.1) is 71.3 Å². The number of carbonyl (C=O) groups excluding carboxylic acids is 3. The molecule has 3 aromatic carbocycles. The summed E-state index contributed by atoms with van der Waals surface area (Å²) < 4.78 is 87.8. The number of alkyl halides is 2. The number of anilines is 2. The third-order valence-electron chi connectivity index (χ3n) is 13.0. The molecule has 4 atom stereocenters. The number of hydrogen-bond acceptors (Lipinski definition) is 15. The van der Waals surface area contributed by atoms with Crippen LogP contribution in [-0.4, -0.2) is 123 Å². The molecule has 4 aromatic heterocycles. The van der Waals surface area contributed by atoms with E-state index in [1.54, 1.807) is 79.5 Å². The highest BCUT2D eigenvalue weighted by molar-refractivity contribution is 7.93. The van der Waals surface area contributed by atoms with Crippen molar-refractivity contribution in [3.05, 3.63) is 113 Å². The Kier molecular flexibility index (Phi) is 17.5.